The highest BCUT2D eigenvalue weighted by molar-refractivity contribution is 7.80. The van der Waals surface area contributed by atoms with E-state index in [1.54, 1.807) is 0 Å². The molecule has 1 unspecified atom stereocenters. The fourth-order valence-electron chi connectivity index (χ4n) is 3.12. The average molecular weight is 325 g/mol. The summed E-state index contributed by atoms with van der Waals surface area (Å²) in [6, 6.07) is 6.01. The first-order valence-electron chi connectivity index (χ1n) is 7.63. The van der Waals surface area contributed by atoms with Gasteiger partial charge in [-0.2, -0.15) is 0 Å². The normalized spacial score (nSPS) is 20.2. The molecule has 0 saturated carbocycles. The molecule has 0 aromatic heterocycles. The molecule has 2 N–H and O–H groups in total. The van der Waals surface area contributed by atoms with Crippen molar-refractivity contribution in [3.05, 3.63) is 28.8 Å². The molecule has 116 valence electrons. The molecule has 1 saturated heterocycles. The molecule has 0 amide bonds. The Morgan fingerprint density at radius 1 is 1.29 bits per heavy atom. The van der Waals surface area contributed by atoms with Crippen LogP contribution in [0.5, 0.6) is 0 Å². The predicted molar refractivity (Wildman–Crippen MR) is 96.3 cm³/mol. The molecule has 1 aliphatic rings. The van der Waals surface area contributed by atoms with Crippen LogP contribution in [0.25, 0.3) is 0 Å². The summed E-state index contributed by atoms with van der Waals surface area (Å²) in [6.07, 6.45) is 3.77. The molecular weight excluding hydrogens is 300 g/mol. The Balaban J connectivity index is 2.13. The minimum atomic E-state index is 0.357. The van der Waals surface area contributed by atoms with E-state index < -0.39 is 0 Å². The maximum atomic E-state index is 6.29. The Morgan fingerprint density at radius 2 is 2.00 bits per heavy atom. The molecule has 0 aliphatic carbocycles. The van der Waals surface area contributed by atoms with Crippen LogP contribution in [0, 0.1) is 11.3 Å². The van der Waals surface area contributed by atoms with Gasteiger partial charge in [0.15, 0.2) is 0 Å². The largest absolute Gasteiger partial charge is 0.389 e. The number of nitrogens with zero attached hydrogens (tertiary/aromatic N) is 1. The minimum Gasteiger partial charge on any atom is -0.389 e. The first-order chi connectivity index (χ1) is 9.79. The van der Waals surface area contributed by atoms with Crippen LogP contribution in [0.3, 0.4) is 0 Å². The van der Waals surface area contributed by atoms with Crippen LogP contribution >= 0.6 is 23.8 Å². The highest BCUT2D eigenvalue weighted by Crippen LogP contribution is 2.35. The van der Waals surface area contributed by atoms with Gasteiger partial charge in [-0.25, -0.2) is 0 Å². The molecule has 1 aromatic carbocycles. The van der Waals surface area contributed by atoms with Gasteiger partial charge in [-0.1, -0.05) is 44.6 Å². The summed E-state index contributed by atoms with van der Waals surface area (Å²) in [5, 5.41) is 0.650. The van der Waals surface area contributed by atoms with E-state index in [-0.39, 0.29) is 0 Å². The maximum Gasteiger partial charge on any atom is 0.105 e. The fourth-order valence-corrected chi connectivity index (χ4v) is 3.63. The van der Waals surface area contributed by atoms with E-state index in [4.69, 9.17) is 29.6 Å². The summed E-state index contributed by atoms with van der Waals surface area (Å²) < 4.78 is 0. The van der Waals surface area contributed by atoms with Crippen molar-refractivity contribution in [2.75, 3.05) is 18.0 Å². The number of hydrogen-bond acceptors (Lipinski definition) is 2. The number of hydrogen-bond donors (Lipinski definition) is 1. The number of thiocarbonyl (C=S) groups is 1. The molecule has 1 aromatic rings. The van der Waals surface area contributed by atoms with E-state index in [2.05, 4.69) is 31.7 Å². The van der Waals surface area contributed by atoms with E-state index in [0.29, 0.717) is 15.4 Å². The van der Waals surface area contributed by atoms with E-state index in [1.165, 1.54) is 24.9 Å². The summed E-state index contributed by atoms with van der Waals surface area (Å²) >= 11 is 11.3. The van der Waals surface area contributed by atoms with Crippen LogP contribution in [-0.2, 0) is 0 Å². The van der Waals surface area contributed by atoms with Crippen LogP contribution in [0.15, 0.2) is 18.2 Å². The molecule has 2 rings (SSSR count). The monoisotopic (exact) mass is 324 g/mol. The molecule has 1 aliphatic heterocycles. The summed E-state index contributed by atoms with van der Waals surface area (Å²) in [5.41, 5.74) is 8.00. The smallest absolute Gasteiger partial charge is 0.105 e. The van der Waals surface area contributed by atoms with Gasteiger partial charge in [0.1, 0.15) is 4.99 Å². The topological polar surface area (TPSA) is 29.3 Å². The van der Waals surface area contributed by atoms with E-state index >= 15 is 0 Å². The van der Waals surface area contributed by atoms with Gasteiger partial charge in [-0.05, 0) is 48.8 Å². The second kappa shape index (κ2) is 6.53. The molecule has 2 nitrogen and oxygen atoms in total. The third-order valence-electron chi connectivity index (χ3n) is 4.54. The van der Waals surface area contributed by atoms with Crippen molar-refractivity contribution in [3.63, 3.8) is 0 Å². The summed E-state index contributed by atoms with van der Waals surface area (Å²) in [4.78, 5) is 2.79. The van der Waals surface area contributed by atoms with Gasteiger partial charge in [0.05, 0.1) is 5.02 Å². The van der Waals surface area contributed by atoms with Crippen LogP contribution in [-0.4, -0.2) is 18.1 Å². The molecule has 1 atom stereocenters. The van der Waals surface area contributed by atoms with Crippen molar-refractivity contribution in [2.45, 2.75) is 40.0 Å². The molecule has 4 heteroatoms. The SMILES string of the molecule is CC(C)(C)C1CCCN(c2ccc(C(N)=S)c(Cl)c2)CC1. The third-order valence-corrected chi connectivity index (χ3v) is 5.07. The number of nitrogens with two attached hydrogens (primary N) is 1. The minimum absolute atomic E-state index is 0.357. The highest BCUT2D eigenvalue weighted by atomic mass is 35.5. The molecule has 1 fully saturated rings. The fraction of sp³-hybridized carbons (Fsp3) is 0.588. The lowest BCUT2D eigenvalue weighted by Crippen LogP contribution is -2.26. The van der Waals surface area contributed by atoms with Crippen molar-refractivity contribution >= 4 is 34.5 Å². The number of rotatable bonds is 2. The zero-order valence-corrected chi connectivity index (χ0v) is 14.7. The van der Waals surface area contributed by atoms with Crippen LogP contribution in [0.4, 0.5) is 5.69 Å². The van der Waals surface area contributed by atoms with E-state index in [1.807, 2.05) is 12.1 Å². The van der Waals surface area contributed by atoms with Crippen molar-refractivity contribution in [3.8, 4) is 0 Å². The zero-order chi connectivity index (χ0) is 15.6. The third kappa shape index (κ3) is 4.10. The number of benzene rings is 1. The van der Waals surface area contributed by atoms with Gasteiger partial charge in [-0.15, -0.1) is 0 Å². The Morgan fingerprint density at radius 3 is 2.57 bits per heavy atom. The van der Waals surface area contributed by atoms with E-state index in [0.717, 1.165) is 24.6 Å². The second-order valence-corrected chi connectivity index (χ2v) is 7.86. The number of halogens is 1. The molecular formula is C17H25ClN2S. The molecule has 1 heterocycles. The van der Waals surface area contributed by atoms with Crippen molar-refractivity contribution in [2.24, 2.45) is 17.1 Å². The Hall–Kier alpha value is -0.800. The quantitative estimate of drug-likeness (QED) is 0.804. The van der Waals surface area contributed by atoms with Crippen LogP contribution in [0.1, 0.15) is 45.6 Å². The number of anilines is 1. The lowest BCUT2D eigenvalue weighted by molar-refractivity contribution is 0.220. The zero-order valence-electron chi connectivity index (χ0n) is 13.2. The molecule has 0 spiro atoms. The van der Waals surface area contributed by atoms with Crippen molar-refractivity contribution < 1.29 is 0 Å². The van der Waals surface area contributed by atoms with Crippen molar-refractivity contribution in [1.82, 2.24) is 0 Å². The summed E-state index contributed by atoms with van der Waals surface area (Å²) in [6.45, 7) is 9.23. The summed E-state index contributed by atoms with van der Waals surface area (Å²) in [5.74, 6) is 0.786. The van der Waals surface area contributed by atoms with Gasteiger partial charge in [0, 0.05) is 24.3 Å². The Labute approximate surface area is 138 Å². The summed E-state index contributed by atoms with van der Waals surface area (Å²) in [7, 11) is 0. The van der Waals surface area contributed by atoms with Gasteiger partial charge in [0.25, 0.3) is 0 Å². The standard InChI is InChI=1S/C17H25ClN2S/c1-17(2,3)12-5-4-9-20(10-8-12)13-6-7-14(16(19)21)15(18)11-13/h6-7,11-12H,4-5,8-10H2,1-3H3,(H2,19,21). The lowest BCUT2D eigenvalue weighted by Gasteiger charge is -2.30. The molecule has 0 radical (unpaired) electrons. The van der Waals surface area contributed by atoms with Crippen LogP contribution in [0.2, 0.25) is 5.02 Å². The van der Waals surface area contributed by atoms with Gasteiger partial charge in [-0.3, -0.25) is 0 Å². The first kappa shape index (κ1) is 16.6. The van der Waals surface area contributed by atoms with Gasteiger partial charge in [0.2, 0.25) is 0 Å². The lowest BCUT2D eigenvalue weighted by atomic mass is 9.77. The first-order valence-corrected chi connectivity index (χ1v) is 8.42. The maximum absolute atomic E-state index is 6.29. The van der Waals surface area contributed by atoms with Gasteiger partial charge < -0.3 is 10.6 Å². The second-order valence-electron chi connectivity index (χ2n) is 7.01. The predicted octanol–water partition coefficient (Wildman–Crippen LogP) is 4.63. The average Bonchev–Trinajstić information content (AvgIpc) is 2.63. The van der Waals surface area contributed by atoms with Crippen LogP contribution < -0.4 is 10.6 Å². The van der Waals surface area contributed by atoms with Gasteiger partial charge >= 0.3 is 0 Å². The highest BCUT2D eigenvalue weighted by Gasteiger charge is 2.27. The Kier molecular flexibility index (Phi) is 5.15. The Bertz CT molecular complexity index is 522. The molecule has 0 bridgehead atoms. The molecule has 21 heavy (non-hydrogen) atoms. The van der Waals surface area contributed by atoms with E-state index in [9.17, 15) is 0 Å². The van der Waals surface area contributed by atoms with Crippen molar-refractivity contribution in [1.29, 1.82) is 0 Å².